The number of nitrogens with one attached hydrogen (secondary N) is 1. The second-order valence-corrected chi connectivity index (χ2v) is 5.34. The molecule has 0 aliphatic heterocycles. The van der Waals surface area contributed by atoms with Gasteiger partial charge in [0.05, 0.1) is 0 Å². The van der Waals surface area contributed by atoms with Crippen LogP contribution in [-0.4, -0.2) is 18.3 Å². The second kappa shape index (κ2) is 5.46. The molecule has 0 saturated heterocycles. The Bertz CT molecular complexity index is 333. The molecule has 0 aliphatic carbocycles. The molecule has 0 aromatic heterocycles. The van der Waals surface area contributed by atoms with Crippen LogP contribution in [0.15, 0.2) is 24.3 Å². The predicted molar refractivity (Wildman–Crippen MR) is 68.5 cm³/mol. The molecule has 1 rings (SSSR count). The first-order valence-electron chi connectivity index (χ1n) is 5.85. The normalized spacial score (nSPS) is 13.8. The van der Waals surface area contributed by atoms with E-state index < -0.39 is 0 Å². The number of aryl methyl sites for hydroxylation is 1. The molecule has 0 radical (unpaired) electrons. The van der Waals surface area contributed by atoms with Crippen molar-refractivity contribution >= 4 is 0 Å². The number of hydrogen-bond acceptors (Lipinski definition) is 2. The van der Waals surface area contributed by atoms with E-state index in [1.165, 1.54) is 11.1 Å². The Morgan fingerprint density at radius 2 is 2.06 bits per heavy atom. The molecule has 0 unspecified atom stereocenters. The first-order chi connectivity index (χ1) is 7.44. The van der Waals surface area contributed by atoms with Crippen LogP contribution in [-0.2, 0) is 0 Å². The molecular weight excluding hydrogens is 198 g/mol. The van der Waals surface area contributed by atoms with Gasteiger partial charge in [-0.05, 0) is 19.4 Å². The fraction of sp³-hybridized carbons (Fsp3) is 0.571. The molecule has 2 heteroatoms. The van der Waals surface area contributed by atoms with E-state index in [0.29, 0.717) is 6.04 Å². The van der Waals surface area contributed by atoms with Crippen molar-refractivity contribution in [2.45, 2.75) is 33.7 Å². The molecule has 16 heavy (non-hydrogen) atoms. The highest BCUT2D eigenvalue weighted by molar-refractivity contribution is 5.24. The maximum atomic E-state index is 9.18. The molecule has 0 spiro atoms. The molecule has 2 nitrogen and oxygen atoms in total. The van der Waals surface area contributed by atoms with Crippen LogP contribution in [0.5, 0.6) is 0 Å². The minimum Gasteiger partial charge on any atom is -0.396 e. The topological polar surface area (TPSA) is 32.3 Å². The summed E-state index contributed by atoms with van der Waals surface area (Å²) in [6, 6.07) is 8.85. The van der Waals surface area contributed by atoms with Crippen molar-refractivity contribution in [3.05, 3.63) is 35.4 Å². The van der Waals surface area contributed by atoms with Gasteiger partial charge in [0.15, 0.2) is 0 Å². The molecular formula is C14H23NO. The molecule has 0 aliphatic rings. The molecule has 2 N–H and O–H groups in total. The third-order valence-corrected chi connectivity index (χ3v) is 2.86. The molecule has 1 aromatic carbocycles. The van der Waals surface area contributed by atoms with Crippen LogP contribution >= 0.6 is 0 Å². The lowest BCUT2D eigenvalue weighted by atomic mass is 9.94. The maximum absolute atomic E-state index is 9.18. The highest BCUT2D eigenvalue weighted by atomic mass is 16.3. The summed E-state index contributed by atoms with van der Waals surface area (Å²) < 4.78 is 0. The third-order valence-electron chi connectivity index (χ3n) is 2.86. The van der Waals surface area contributed by atoms with Crippen molar-refractivity contribution in [3.63, 3.8) is 0 Å². The molecule has 1 atom stereocenters. The average molecular weight is 221 g/mol. The van der Waals surface area contributed by atoms with E-state index in [1.54, 1.807) is 0 Å². The van der Waals surface area contributed by atoms with Crippen LogP contribution in [0.1, 0.15) is 37.9 Å². The van der Waals surface area contributed by atoms with E-state index in [9.17, 15) is 5.11 Å². The minimum absolute atomic E-state index is 0.0575. The van der Waals surface area contributed by atoms with Gasteiger partial charge in [0.2, 0.25) is 0 Å². The van der Waals surface area contributed by atoms with Crippen molar-refractivity contribution in [1.29, 1.82) is 0 Å². The highest BCUT2D eigenvalue weighted by Gasteiger charge is 2.17. The zero-order valence-electron chi connectivity index (χ0n) is 10.7. The number of hydrogen-bond donors (Lipinski definition) is 2. The lowest BCUT2D eigenvalue weighted by Gasteiger charge is -2.25. The Morgan fingerprint density at radius 3 is 2.62 bits per heavy atom. The number of benzene rings is 1. The standard InChI is InChI=1S/C14H23NO/c1-11-6-5-7-13(8-11)12(2)15-9-14(3,4)10-16/h5-8,12,15-16H,9-10H2,1-4H3/t12-/m0/s1. The summed E-state index contributed by atoms with van der Waals surface area (Å²) in [6.07, 6.45) is 0. The van der Waals surface area contributed by atoms with Gasteiger partial charge < -0.3 is 10.4 Å². The highest BCUT2D eigenvalue weighted by Crippen LogP contribution is 2.17. The summed E-state index contributed by atoms with van der Waals surface area (Å²) in [5.41, 5.74) is 2.53. The summed E-state index contributed by atoms with van der Waals surface area (Å²) in [6.45, 7) is 9.40. The van der Waals surface area contributed by atoms with Crippen LogP contribution < -0.4 is 5.32 Å². The van der Waals surface area contributed by atoms with E-state index in [0.717, 1.165) is 6.54 Å². The maximum Gasteiger partial charge on any atom is 0.0494 e. The van der Waals surface area contributed by atoms with Crippen LogP contribution in [0.4, 0.5) is 0 Å². The molecule has 0 amide bonds. The monoisotopic (exact) mass is 221 g/mol. The van der Waals surface area contributed by atoms with Crippen molar-refractivity contribution in [2.24, 2.45) is 5.41 Å². The van der Waals surface area contributed by atoms with E-state index in [-0.39, 0.29) is 12.0 Å². The fourth-order valence-corrected chi connectivity index (χ4v) is 1.54. The van der Waals surface area contributed by atoms with Gasteiger partial charge in [-0.1, -0.05) is 43.7 Å². The number of aliphatic hydroxyl groups is 1. The first-order valence-corrected chi connectivity index (χ1v) is 5.85. The Labute approximate surface area is 98.7 Å². The first kappa shape index (κ1) is 13.2. The number of rotatable bonds is 5. The Hall–Kier alpha value is -0.860. The van der Waals surface area contributed by atoms with Crippen LogP contribution in [0, 0.1) is 12.3 Å². The third kappa shape index (κ3) is 3.95. The molecule has 90 valence electrons. The average Bonchev–Trinajstić information content (AvgIpc) is 2.26. The van der Waals surface area contributed by atoms with Crippen LogP contribution in [0.3, 0.4) is 0 Å². The second-order valence-electron chi connectivity index (χ2n) is 5.34. The van der Waals surface area contributed by atoms with Crippen molar-refractivity contribution < 1.29 is 5.11 Å². The zero-order chi connectivity index (χ0) is 12.2. The smallest absolute Gasteiger partial charge is 0.0494 e. The van der Waals surface area contributed by atoms with E-state index >= 15 is 0 Å². The van der Waals surface area contributed by atoms with E-state index in [1.807, 2.05) is 0 Å². The minimum atomic E-state index is -0.0575. The Balaban J connectivity index is 2.56. The molecule has 0 fully saturated rings. The molecule has 0 heterocycles. The predicted octanol–water partition coefficient (Wildman–Crippen LogP) is 2.66. The van der Waals surface area contributed by atoms with Gasteiger partial charge in [-0.2, -0.15) is 0 Å². The van der Waals surface area contributed by atoms with Gasteiger partial charge >= 0.3 is 0 Å². The Morgan fingerprint density at radius 1 is 1.38 bits per heavy atom. The lowest BCUT2D eigenvalue weighted by molar-refractivity contribution is 0.154. The summed E-state index contributed by atoms with van der Waals surface area (Å²) in [5.74, 6) is 0. The van der Waals surface area contributed by atoms with Crippen molar-refractivity contribution in [1.82, 2.24) is 5.32 Å². The quantitative estimate of drug-likeness (QED) is 0.801. The number of aliphatic hydroxyl groups excluding tert-OH is 1. The van der Waals surface area contributed by atoms with Gasteiger partial charge in [-0.3, -0.25) is 0 Å². The zero-order valence-corrected chi connectivity index (χ0v) is 10.7. The van der Waals surface area contributed by atoms with Gasteiger partial charge in [0.1, 0.15) is 0 Å². The van der Waals surface area contributed by atoms with Crippen LogP contribution in [0.2, 0.25) is 0 Å². The van der Waals surface area contributed by atoms with Crippen LogP contribution in [0.25, 0.3) is 0 Å². The SMILES string of the molecule is Cc1cccc([C@H](C)NCC(C)(C)CO)c1. The molecule has 0 bridgehead atoms. The largest absolute Gasteiger partial charge is 0.396 e. The fourth-order valence-electron chi connectivity index (χ4n) is 1.54. The molecule has 1 aromatic rings. The van der Waals surface area contributed by atoms with E-state index in [4.69, 9.17) is 0 Å². The Kier molecular flexibility index (Phi) is 4.51. The van der Waals surface area contributed by atoms with Gasteiger partial charge in [-0.15, -0.1) is 0 Å². The summed E-state index contributed by atoms with van der Waals surface area (Å²) >= 11 is 0. The van der Waals surface area contributed by atoms with Gasteiger partial charge in [0.25, 0.3) is 0 Å². The van der Waals surface area contributed by atoms with Gasteiger partial charge in [0, 0.05) is 24.6 Å². The van der Waals surface area contributed by atoms with Crippen molar-refractivity contribution in [2.75, 3.05) is 13.2 Å². The van der Waals surface area contributed by atoms with Crippen molar-refractivity contribution in [3.8, 4) is 0 Å². The van der Waals surface area contributed by atoms with Gasteiger partial charge in [-0.25, -0.2) is 0 Å². The van der Waals surface area contributed by atoms with E-state index in [2.05, 4.69) is 57.3 Å². The molecule has 0 saturated carbocycles. The summed E-state index contributed by atoms with van der Waals surface area (Å²) in [4.78, 5) is 0. The lowest BCUT2D eigenvalue weighted by Crippen LogP contribution is -2.33. The summed E-state index contributed by atoms with van der Waals surface area (Å²) in [7, 11) is 0. The summed E-state index contributed by atoms with van der Waals surface area (Å²) in [5, 5.41) is 12.6.